The van der Waals surface area contributed by atoms with Gasteiger partial charge in [-0.25, -0.2) is 8.42 Å². The van der Waals surface area contributed by atoms with Gasteiger partial charge in [0.1, 0.15) is 0 Å². The number of hydrogen-bond donors (Lipinski definition) is 1. The molecule has 1 N–H and O–H groups in total. The molecule has 1 fully saturated rings. The smallest absolute Gasteiger partial charge is 0.261 e. The van der Waals surface area contributed by atoms with E-state index in [1.165, 1.54) is 19.1 Å². The summed E-state index contributed by atoms with van der Waals surface area (Å²) in [6.07, 6.45) is 1.46. The molecule has 0 saturated carbocycles. The number of hydrogen-bond acceptors (Lipinski definition) is 4. The molecule has 0 spiro atoms. The number of nitrogens with one attached hydrogen (secondary N) is 1. The van der Waals surface area contributed by atoms with Crippen LogP contribution in [0.15, 0.2) is 17.0 Å². The molecular weight excluding hydrogens is 337 g/mol. The summed E-state index contributed by atoms with van der Waals surface area (Å²) in [5, 5.41) is 3.03. The average Bonchev–Trinajstić information content (AvgIpc) is 2.41. The molecule has 0 aromatic heterocycles. The van der Waals surface area contributed by atoms with Crippen molar-refractivity contribution in [3.8, 4) is 0 Å². The summed E-state index contributed by atoms with van der Waals surface area (Å²) in [4.78, 5) is 12.1. The Hall–Kier alpha value is -0.820. The lowest BCUT2D eigenvalue weighted by molar-refractivity contribution is 0.0696. The maximum Gasteiger partial charge on any atom is 0.261 e. The lowest BCUT2D eigenvalue weighted by Gasteiger charge is -2.23. The van der Waals surface area contributed by atoms with Crippen LogP contribution in [0, 0.1) is 6.92 Å². The summed E-state index contributed by atoms with van der Waals surface area (Å²) in [6.45, 7) is 2.74. The normalized spacial score (nSPS) is 16.7. The minimum Gasteiger partial charge on any atom is -0.381 e. The van der Waals surface area contributed by atoms with Gasteiger partial charge in [-0.1, -0.05) is 11.6 Å². The molecule has 1 aliphatic rings. The Kier molecular flexibility index (Phi) is 5.14. The van der Waals surface area contributed by atoms with Gasteiger partial charge in [0, 0.05) is 40.5 Å². The highest BCUT2D eigenvalue weighted by atomic mass is 35.7. The van der Waals surface area contributed by atoms with Crippen molar-refractivity contribution in [1.29, 1.82) is 0 Å². The van der Waals surface area contributed by atoms with Gasteiger partial charge in [-0.3, -0.25) is 4.79 Å². The summed E-state index contributed by atoms with van der Waals surface area (Å²) in [5.41, 5.74) is 0.505. The second-order valence-corrected chi connectivity index (χ2v) is 7.82. The highest BCUT2D eigenvalue weighted by Gasteiger charge is 2.21. The van der Waals surface area contributed by atoms with Crippen LogP contribution >= 0.6 is 22.3 Å². The first-order valence-electron chi connectivity index (χ1n) is 6.42. The summed E-state index contributed by atoms with van der Waals surface area (Å²) in [6, 6.07) is 2.71. The molecule has 0 atom stereocenters. The van der Waals surface area contributed by atoms with Crippen LogP contribution in [-0.4, -0.2) is 33.6 Å². The van der Waals surface area contributed by atoms with E-state index in [1.807, 2.05) is 0 Å². The molecule has 1 saturated heterocycles. The maximum absolute atomic E-state index is 12.2. The molecule has 5 nitrogen and oxygen atoms in total. The fraction of sp³-hybridized carbons (Fsp3) is 0.462. The first-order valence-corrected chi connectivity index (χ1v) is 9.11. The highest BCUT2D eigenvalue weighted by Crippen LogP contribution is 2.27. The van der Waals surface area contributed by atoms with E-state index >= 15 is 0 Å². The molecule has 1 aliphatic heterocycles. The van der Waals surface area contributed by atoms with E-state index in [2.05, 4.69) is 5.32 Å². The van der Waals surface area contributed by atoms with Crippen LogP contribution in [0.4, 0.5) is 0 Å². The number of amides is 1. The van der Waals surface area contributed by atoms with Crippen LogP contribution in [0.5, 0.6) is 0 Å². The van der Waals surface area contributed by atoms with Crippen molar-refractivity contribution in [3.63, 3.8) is 0 Å². The van der Waals surface area contributed by atoms with Gasteiger partial charge in [0.2, 0.25) is 0 Å². The fourth-order valence-corrected chi connectivity index (χ4v) is 3.65. The molecule has 2 rings (SSSR count). The van der Waals surface area contributed by atoms with Crippen molar-refractivity contribution in [2.75, 3.05) is 13.2 Å². The van der Waals surface area contributed by atoms with Crippen molar-refractivity contribution in [1.82, 2.24) is 5.32 Å². The first-order chi connectivity index (χ1) is 9.79. The number of carbonyl (C=O) groups is 1. The topological polar surface area (TPSA) is 72.5 Å². The molecule has 0 radical (unpaired) electrons. The zero-order valence-electron chi connectivity index (χ0n) is 11.4. The third-order valence-electron chi connectivity index (χ3n) is 3.38. The Morgan fingerprint density at radius 3 is 2.52 bits per heavy atom. The molecule has 0 unspecified atom stereocenters. The molecule has 1 heterocycles. The fourth-order valence-electron chi connectivity index (χ4n) is 2.15. The Balaban J connectivity index is 2.27. The van der Waals surface area contributed by atoms with Crippen molar-refractivity contribution in [2.45, 2.75) is 30.7 Å². The molecule has 0 aliphatic carbocycles. The molecule has 8 heteroatoms. The van der Waals surface area contributed by atoms with Gasteiger partial charge in [-0.15, -0.1) is 0 Å². The Morgan fingerprint density at radius 1 is 1.33 bits per heavy atom. The molecule has 1 amide bonds. The molecule has 1 aromatic rings. The van der Waals surface area contributed by atoms with Crippen molar-refractivity contribution in [3.05, 3.63) is 28.3 Å². The van der Waals surface area contributed by atoms with Gasteiger partial charge in [-0.05, 0) is 37.5 Å². The van der Waals surface area contributed by atoms with Crippen molar-refractivity contribution >= 4 is 37.2 Å². The summed E-state index contributed by atoms with van der Waals surface area (Å²) >= 11 is 5.99. The first kappa shape index (κ1) is 16.5. The largest absolute Gasteiger partial charge is 0.381 e. The lowest BCUT2D eigenvalue weighted by Crippen LogP contribution is -2.38. The van der Waals surface area contributed by atoms with E-state index < -0.39 is 9.05 Å². The van der Waals surface area contributed by atoms with Crippen LogP contribution < -0.4 is 5.32 Å². The summed E-state index contributed by atoms with van der Waals surface area (Å²) in [7, 11) is 1.41. The van der Waals surface area contributed by atoms with Gasteiger partial charge in [0.05, 0.1) is 4.90 Å². The second kappa shape index (κ2) is 6.52. The maximum atomic E-state index is 12.2. The number of carbonyl (C=O) groups excluding carboxylic acids is 1. The number of halogens is 2. The minimum atomic E-state index is -3.96. The highest BCUT2D eigenvalue weighted by molar-refractivity contribution is 8.13. The average molecular weight is 352 g/mol. The third-order valence-corrected chi connectivity index (χ3v) is 5.22. The van der Waals surface area contributed by atoms with Crippen molar-refractivity contribution in [2.24, 2.45) is 0 Å². The van der Waals surface area contributed by atoms with Gasteiger partial charge < -0.3 is 10.1 Å². The SMILES string of the molecule is Cc1c(Cl)cc(C(=O)NC2CCOCC2)cc1S(=O)(=O)Cl. The molecule has 21 heavy (non-hydrogen) atoms. The van der Waals surface area contributed by atoms with Crippen LogP contribution in [-0.2, 0) is 13.8 Å². The zero-order valence-corrected chi connectivity index (χ0v) is 13.7. The van der Waals surface area contributed by atoms with Gasteiger partial charge in [0.25, 0.3) is 15.0 Å². The molecule has 1 aromatic carbocycles. The number of benzene rings is 1. The van der Waals surface area contributed by atoms with E-state index in [4.69, 9.17) is 27.0 Å². The predicted octanol–water partition coefficient (Wildman–Crippen LogP) is 2.48. The molecule has 116 valence electrons. The van der Waals surface area contributed by atoms with Crippen LogP contribution in [0.2, 0.25) is 5.02 Å². The Morgan fingerprint density at radius 2 is 1.95 bits per heavy atom. The predicted molar refractivity (Wildman–Crippen MR) is 80.5 cm³/mol. The minimum absolute atomic E-state index is 0.0161. The molecular formula is C13H15Cl2NO4S. The zero-order chi connectivity index (χ0) is 15.6. The van der Waals surface area contributed by atoms with E-state index in [1.54, 1.807) is 0 Å². The van der Waals surface area contributed by atoms with E-state index in [0.717, 1.165) is 12.8 Å². The van der Waals surface area contributed by atoms with Crippen LogP contribution in [0.3, 0.4) is 0 Å². The Bertz CT molecular complexity index is 654. The van der Waals surface area contributed by atoms with Crippen molar-refractivity contribution < 1.29 is 17.9 Å². The number of ether oxygens (including phenoxy) is 1. The van der Waals surface area contributed by atoms with Crippen LogP contribution in [0.25, 0.3) is 0 Å². The van der Waals surface area contributed by atoms with Gasteiger partial charge in [0.15, 0.2) is 0 Å². The second-order valence-electron chi connectivity index (χ2n) is 4.88. The summed E-state index contributed by atoms with van der Waals surface area (Å²) in [5.74, 6) is -0.370. The monoisotopic (exact) mass is 351 g/mol. The quantitative estimate of drug-likeness (QED) is 0.849. The summed E-state index contributed by atoms with van der Waals surface area (Å²) < 4.78 is 28.3. The van der Waals surface area contributed by atoms with E-state index in [0.29, 0.717) is 18.8 Å². The van der Waals surface area contributed by atoms with E-state index in [-0.39, 0.29) is 27.4 Å². The number of rotatable bonds is 3. The standard InChI is InChI=1S/C13H15Cl2NO4S/c1-8-11(14)6-9(7-12(8)21(15,18)19)13(17)16-10-2-4-20-5-3-10/h6-7,10H,2-5H2,1H3,(H,16,17). The lowest BCUT2D eigenvalue weighted by atomic mass is 10.1. The van der Waals surface area contributed by atoms with Gasteiger partial charge in [-0.2, -0.15) is 0 Å². The van der Waals surface area contributed by atoms with Gasteiger partial charge >= 0.3 is 0 Å². The third kappa shape index (κ3) is 4.10. The Labute approximate surface area is 133 Å². The molecule has 0 bridgehead atoms. The van der Waals surface area contributed by atoms with Crippen LogP contribution in [0.1, 0.15) is 28.8 Å². The van der Waals surface area contributed by atoms with E-state index in [9.17, 15) is 13.2 Å².